The van der Waals surface area contributed by atoms with Crippen LogP contribution in [0.4, 0.5) is 0 Å². The minimum Gasteiger partial charge on any atom is -0.362 e. The van der Waals surface area contributed by atoms with Gasteiger partial charge in [-0.25, -0.2) is 9.59 Å². The zero-order valence-electron chi connectivity index (χ0n) is 20.2. The number of hydrogen-bond donors (Lipinski definition) is 0. The van der Waals surface area contributed by atoms with E-state index in [4.69, 9.17) is 4.74 Å². The molecule has 0 aromatic rings. The summed E-state index contributed by atoms with van der Waals surface area (Å²) in [5, 5.41) is 0.0785. The third-order valence-corrected chi connectivity index (χ3v) is 4.94. The van der Waals surface area contributed by atoms with Gasteiger partial charge < -0.3 is 19.3 Å². The predicted molar refractivity (Wildman–Crippen MR) is 119 cm³/mol. The van der Waals surface area contributed by atoms with Crippen molar-refractivity contribution in [1.29, 1.82) is 0 Å². The van der Waals surface area contributed by atoms with Crippen LogP contribution in [0, 0.1) is 0 Å². The van der Waals surface area contributed by atoms with Crippen molar-refractivity contribution >= 4 is 47.4 Å². The highest BCUT2D eigenvalue weighted by atomic mass is 17.0. The Morgan fingerprint density at radius 3 is 1.43 bits per heavy atom. The molecule has 6 amide bonds. The van der Waals surface area contributed by atoms with E-state index in [0.29, 0.717) is 0 Å². The maximum Gasteiger partial charge on any atom is 0.336 e. The number of hydrogen-bond acceptors (Lipinski definition) is 11. The van der Waals surface area contributed by atoms with Crippen LogP contribution in [0.15, 0.2) is 24.3 Å². The standard InChI is InChI=1S/C22H26N4O11/c1-3-21(33)36-26(37-22(34)4-2)20(32)14-35-13-19(31)23(9-11-24-15(27)5-6-16(24)28)10-12-25-17(29)7-8-18(25)30/h5-8H,3-4,9-14H2,1-2H3. The molecule has 2 rings (SSSR count). The molecule has 0 radical (unpaired) electrons. The van der Waals surface area contributed by atoms with Gasteiger partial charge in [0.25, 0.3) is 23.6 Å². The lowest BCUT2D eigenvalue weighted by molar-refractivity contribution is -0.307. The first-order valence-electron chi connectivity index (χ1n) is 11.2. The summed E-state index contributed by atoms with van der Waals surface area (Å²) in [6, 6.07) is 0. The van der Waals surface area contributed by atoms with E-state index in [2.05, 4.69) is 9.68 Å². The molecule has 0 atom stereocenters. The highest BCUT2D eigenvalue weighted by Gasteiger charge is 2.28. The normalized spacial score (nSPS) is 14.4. The summed E-state index contributed by atoms with van der Waals surface area (Å²) in [6.45, 7) is 0.800. The summed E-state index contributed by atoms with van der Waals surface area (Å²) in [7, 11) is 0. The molecule has 0 aromatic carbocycles. The molecule has 15 heteroatoms. The number of nitrogens with zero attached hydrogens (tertiary/aromatic N) is 4. The van der Waals surface area contributed by atoms with E-state index in [1.165, 1.54) is 13.8 Å². The van der Waals surface area contributed by atoms with Gasteiger partial charge in [-0.15, -0.1) is 0 Å². The minimum atomic E-state index is -1.08. The van der Waals surface area contributed by atoms with E-state index in [1.807, 2.05) is 0 Å². The Kier molecular flexibility index (Phi) is 10.6. The van der Waals surface area contributed by atoms with E-state index in [0.717, 1.165) is 39.0 Å². The van der Waals surface area contributed by atoms with Gasteiger partial charge in [0.2, 0.25) is 5.91 Å². The number of rotatable bonds is 12. The fourth-order valence-electron chi connectivity index (χ4n) is 2.91. The predicted octanol–water partition coefficient (Wildman–Crippen LogP) is -1.75. The van der Waals surface area contributed by atoms with Gasteiger partial charge in [0.05, 0.1) is 0 Å². The molecule has 0 aliphatic carbocycles. The lowest BCUT2D eigenvalue weighted by Gasteiger charge is -2.26. The molecular weight excluding hydrogens is 496 g/mol. The lowest BCUT2D eigenvalue weighted by atomic mass is 10.3. The molecule has 2 aliphatic heterocycles. The molecule has 0 unspecified atom stereocenters. The Hall–Kier alpha value is -4.40. The summed E-state index contributed by atoms with van der Waals surface area (Å²) in [5.74, 6) is -5.74. The van der Waals surface area contributed by atoms with E-state index in [1.54, 1.807) is 0 Å². The van der Waals surface area contributed by atoms with Gasteiger partial charge in [-0.2, -0.15) is 0 Å². The number of imide groups is 2. The highest BCUT2D eigenvalue weighted by Crippen LogP contribution is 2.07. The summed E-state index contributed by atoms with van der Waals surface area (Å²) in [4.78, 5) is 107. The van der Waals surface area contributed by atoms with Crippen molar-refractivity contribution in [3.63, 3.8) is 0 Å². The first-order valence-corrected chi connectivity index (χ1v) is 11.2. The molecule has 0 fully saturated rings. The van der Waals surface area contributed by atoms with Gasteiger partial charge in [0.1, 0.15) is 13.2 Å². The summed E-state index contributed by atoms with van der Waals surface area (Å²) in [6.07, 6.45) is 4.10. The van der Waals surface area contributed by atoms with Crippen LogP contribution in [0.5, 0.6) is 0 Å². The van der Waals surface area contributed by atoms with Gasteiger partial charge in [0, 0.05) is 68.6 Å². The minimum absolute atomic E-state index is 0.0785. The maximum absolute atomic E-state index is 12.8. The average Bonchev–Trinajstić information content (AvgIpc) is 3.37. The van der Waals surface area contributed by atoms with E-state index in [9.17, 15) is 38.4 Å². The van der Waals surface area contributed by atoms with Gasteiger partial charge in [-0.05, 0) is 0 Å². The molecule has 0 saturated carbocycles. The van der Waals surface area contributed by atoms with Crippen LogP contribution in [0.1, 0.15) is 26.7 Å². The third-order valence-electron chi connectivity index (χ3n) is 4.94. The Morgan fingerprint density at radius 2 is 1.05 bits per heavy atom. The van der Waals surface area contributed by atoms with Crippen LogP contribution in [0.25, 0.3) is 0 Å². The molecule has 0 bridgehead atoms. The third kappa shape index (κ3) is 8.34. The second-order valence-corrected chi connectivity index (χ2v) is 7.48. The summed E-state index contributed by atoms with van der Waals surface area (Å²) < 4.78 is 5.09. The Labute approximate surface area is 211 Å². The lowest BCUT2D eigenvalue weighted by Crippen LogP contribution is -2.46. The quantitative estimate of drug-likeness (QED) is 0.210. The topological polar surface area (TPSA) is 177 Å². The van der Waals surface area contributed by atoms with Gasteiger partial charge in [-0.1, -0.05) is 13.8 Å². The highest BCUT2D eigenvalue weighted by molar-refractivity contribution is 6.13. The fraction of sp³-hybridized carbons (Fsp3) is 0.455. The first kappa shape index (κ1) is 28.8. The van der Waals surface area contributed by atoms with Crippen LogP contribution in [-0.2, 0) is 52.8 Å². The zero-order chi connectivity index (χ0) is 27.5. The SMILES string of the molecule is CCC(=O)ON(OC(=O)CC)C(=O)COCC(=O)N(CCN1C(=O)C=CC1=O)CCN1C(=O)C=CC1=O. The molecule has 0 saturated heterocycles. The molecule has 37 heavy (non-hydrogen) atoms. The van der Waals surface area contributed by atoms with Crippen LogP contribution in [0.3, 0.4) is 0 Å². The monoisotopic (exact) mass is 522 g/mol. The van der Waals surface area contributed by atoms with E-state index < -0.39 is 60.6 Å². The molecule has 2 aliphatic rings. The molecule has 0 spiro atoms. The van der Waals surface area contributed by atoms with Crippen LogP contribution < -0.4 is 0 Å². The Morgan fingerprint density at radius 1 is 0.676 bits per heavy atom. The van der Waals surface area contributed by atoms with Crippen molar-refractivity contribution in [3.05, 3.63) is 24.3 Å². The molecule has 0 N–H and O–H groups in total. The number of hydroxylamine groups is 2. The molecular formula is C22H26N4O11. The number of amides is 6. The second-order valence-electron chi connectivity index (χ2n) is 7.48. The van der Waals surface area contributed by atoms with Crippen LogP contribution in [-0.4, -0.2) is 107 Å². The van der Waals surface area contributed by atoms with E-state index >= 15 is 0 Å². The number of ether oxygens (including phenoxy) is 1. The Bertz CT molecular complexity index is 936. The fourth-order valence-corrected chi connectivity index (χ4v) is 2.91. The van der Waals surface area contributed by atoms with Gasteiger partial charge in [-0.3, -0.25) is 38.6 Å². The largest absolute Gasteiger partial charge is 0.362 e. The summed E-state index contributed by atoms with van der Waals surface area (Å²) in [5.41, 5.74) is 0. The second kappa shape index (κ2) is 13.6. The van der Waals surface area contributed by atoms with Crippen molar-refractivity contribution < 1.29 is 52.8 Å². The van der Waals surface area contributed by atoms with Crippen molar-refractivity contribution in [2.24, 2.45) is 0 Å². The molecule has 15 nitrogen and oxygen atoms in total. The molecule has 0 aromatic heterocycles. The smallest absolute Gasteiger partial charge is 0.336 e. The summed E-state index contributed by atoms with van der Waals surface area (Å²) >= 11 is 0. The molecule has 2 heterocycles. The molecule has 200 valence electrons. The van der Waals surface area contributed by atoms with Crippen molar-refractivity contribution in [2.75, 3.05) is 39.4 Å². The van der Waals surface area contributed by atoms with Crippen LogP contribution in [0.2, 0.25) is 0 Å². The maximum atomic E-state index is 12.8. The Balaban J connectivity index is 1.97. The average molecular weight is 522 g/mol. The van der Waals surface area contributed by atoms with Gasteiger partial charge >= 0.3 is 17.8 Å². The number of carbonyl (C=O) groups is 8. The van der Waals surface area contributed by atoms with E-state index in [-0.39, 0.29) is 44.2 Å². The van der Waals surface area contributed by atoms with Crippen molar-refractivity contribution in [2.45, 2.75) is 26.7 Å². The van der Waals surface area contributed by atoms with Crippen molar-refractivity contribution in [3.8, 4) is 0 Å². The van der Waals surface area contributed by atoms with Crippen LogP contribution >= 0.6 is 0 Å². The van der Waals surface area contributed by atoms with Gasteiger partial charge in [0.15, 0.2) is 0 Å². The number of carbonyl (C=O) groups excluding carboxylic acids is 8. The van der Waals surface area contributed by atoms with Crippen molar-refractivity contribution in [1.82, 2.24) is 19.9 Å². The zero-order valence-corrected chi connectivity index (χ0v) is 20.2. The first-order chi connectivity index (χ1) is 17.6.